The van der Waals surface area contributed by atoms with E-state index in [0.717, 1.165) is 53.8 Å². The number of nitrogens with zero attached hydrogens (tertiary/aromatic N) is 2. The third-order valence-corrected chi connectivity index (χ3v) is 6.79. The molecule has 1 heterocycles. The van der Waals surface area contributed by atoms with Crippen LogP contribution in [-0.2, 0) is 22.5 Å². The summed E-state index contributed by atoms with van der Waals surface area (Å²) >= 11 is 0. The zero-order valence-electron chi connectivity index (χ0n) is 20.1. The molecule has 0 radical (unpaired) electrons. The molecular weight excluding hydrogens is 447 g/mol. The number of ether oxygens (including phenoxy) is 1. The fraction of sp³-hybridized carbons (Fsp3) is 0.429. The number of halogens is 1. The van der Waals surface area contributed by atoms with Gasteiger partial charge < -0.3 is 14.9 Å². The maximum atomic E-state index is 15.3. The van der Waals surface area contributed by atoms with Gasteiger partial charge in [-0.3, -0.25) is 4.68 Å². The largest absolute Gasteiger partial charge is 0.480 e. The first-order valence-electron chi connectivity index (χ1n) is 12.3. The number of benzene rings is 2. The molecule has 1 fully saturated rings. The van der Waals surface area contributed by atoms with E-state index in [0.29, 0.717) is 37.0 Å². The Balaban J connectivity index is 1.64. The third-order valence-electron chi connectivity index (χ3n) is 6.79. The Labute approximate surface area is 205 Å². The van der Waals surface area contributed by atoms with Crippen LogP contribution < -0.4 is 0 Å². The predicted octanol–water partition coefficient (Wildman–Crippen LogP) is 5.11. The van der Waals surface area contributed by atoms with E-state index < -0.39 is 5.97 Å². The van der Waals surface area contributed by atoms with Gasteiger partial charge in [0.25, 0.3) is 0 Å². The van der Waals surface area contributed by atoms with E-state index in [1.807, 2.05) is 54.1 Å². The van der Waals surface area contributed by atoms with E-state index >= 15 is 4.39 Å². The summed E-state index contributed by atoms with van der Waals surface area (Å²) in [5, 5.41) is 23.4. The van der Waals surface area contributed by atoms with Crippen molar-refractivity contribution < 1.29 is 24.1 Å². The molecule has 0 aliphatic heterocycles. The molecule has 0 unspecified atom stereocenters. The minimum Gasteiger partial charge on any atom is -0.480 e. The van der Waals surface area contributed by atoms with Gasteiger partial charge in [-0.05, 0) is 67.7 Å². The molecule has 2 N–H and O–H groups in total. The maximum Gasteiger partial charge on any atom is 0.329 e. The fourth-order valence-electron chi connectivity index (χ4n) is 5.06. The molecule has 0 spiro atoms. The molecule has 0 bridgehead atoms. The van der Waals surface area contributed by atoms with E-state index in [-0.39, 0.29) is 19.0 Å². The highest BCUT2D eigenvalue weighted by Gasteiger charge is 2.27. The van der Waals surface area contributed by atoms with Gasteiger partial charge in [-0.2, -0.15) is 5.10 Å². The smallest absolute Gasteiger partial charge is 0.329 e. The number of carboxylic acids is 1. The van der Waals surface area contributed by atoms with Gasteiger partial charge >= 0.3 is 5.97 Å². The standard InChI is InChI=1S/C28H33FN2O4/c1-19-7-12-23(24(29)15-19)28-27(22-5-3-2-4-6-22)25(13-14-32)30-31(28)16-20-8-10-21(11-9-20)17-35-18-26(33)34/h2-7,12,15,20-21,32H,8-11,13-14,16-18H2,1H3,(H,33,34). The number of aliphatic hydroxyl groups excluding tert-OH is 1. The second kappa shape index (κ2) is 11.6. The van der Waals surface area contributed by atoms with Crippen molar-refractivity contribution in [1.29, 1.82) is 0 Å². The first-order valence-corrected chi connectivity index (χ1v) is 12.3. The Hall–Kier alpha value is -3.03. The van der Waals surface area contributed by atoms with Crippen LogP contribution in [0.3, 0.4) is 0 Å². The van der Waals surface area contributed by atoms with Crippen molar-refractivity contribution >= 4 is 5.97 Å². The van der Waals surface area contributed by atoms with Gasteiger partial charge in [0.15, 0.2) is 0 Å². The van der Waals surface area contributed by atoms with E-state index in [1.54, 1.807) is 6.07 Å². The quantitative estimate of drug-likeness (QED) is 0.421. The van der Waals surface area contributed by atoms with Crippen LogP contribution in [0.1, 0.15) is 36.9 Å². The van der Waals surface area contributed by atoms with Gasteiger partial charge in [0.05, 0.1) is 18.0 Å². The van der Waals surface area contributed by atoms with Crippen molar-refractivity contribution in [2.75, 3.05) is 19.8 Å². The van der Waals surface area contributed by atoms with Crippen LogP contribution in [0, 0.1) is 24.6 Å². The molecule has 0 saturated heterocycles. The van der Waals surface area contributed by atoms with Crippen LogP contribution in [0.5, 0.6) is 0 Å². The Morgan fingerprint density at radius 3 is 2.49 bits per heavy atom. The topological polar surface area (TPSA) is 84.6 Å². The third kappa shape index (κ3) is 6.16. The monoisotopic (exact) mass is 480 g/mol. The van der Waals surface area contributed by atoms with Gasteiger partial charge in [-0.15, -0.1) is 0 Å². The van der Waals surface area contributed by atoms with Gasteiger partial charge in [-0.25, -0.2) is 9.18 Å². The second-order valence-corrected chi connectivity index (χ2v) is 9.47. The number of rotatable bonds is 10. The van der Waals surface area contributed by atoms with E-state index in [1.165, 1.54) is 0 Å². The van der Waals surface area contributed by atoms with Crippen molar-refractivity contribution in [3.8, 4) is 22.4 Å². The molecule has 1 aliphatic carbocycles. The normalized spacial score (nSPS) is 18.0. The van der Waals surface area contributed by atoms with Gasteiger partial charge in [-0.1, -0.05) is 36.4 Å². The number of hydrogen-bond acceptors (Lipinski definition) is 4. The number of aryl methyl sites for hydroxylation is 1. The van der Waals surface area contributed by atoms with Crippen LogP contribution >= 0.6 is 0 Å². The molecule has 35 heavy (non-hydrogen) atoms. The Kier molecular flexibility index (Phi) is 8.31. The summed E-state index contributed by atoms with van der Waals surface area (Å²) in [6.07, 6.45) is 4.29. The first kappa shape index (κ1) is 25.1. The van der Waals surface area contributed by atoms with Gasteiger partial charge in [0.2, 0.25) is 0 Å². The molecule has 0 amide bonds. The summed E-state index contributed by atoms with van der Waals surface area (Å²) in [6, 6.07) is 15.2. The zero-order valence-corrected chi connectivity index (χ0v) is 20.1. The van der Waals surface area contributed by atoms with E-state index in [4.69, 9.17) is 14.9 Å². The molecule has 1 aliphatic rings. The molecule has 6 nitrogen and oxygen atoms in total. The summed E-state index contributed by atoms with van der Waals surface area (Å²) in [4.78, 5) is 10.7. The van der Waals surface area contributed by atoms with Crippen LogP contribution in [0.2, 0.25) is 0 Å². The number of hydrogen-bond donors (Lipinski definition) is 2. The average molecular weight is 481 g/mol. The van der Waals surface area contributed by atoms with Crippen molar-refractivity contribution in [1.82, 2.24) is 9.78 Å². The minimum absolute atomic E-state index is 0.0336. The lowest BCUT2D eigenvalue weighted by atomic mass is 9.82. The number of carboxylic acid groups (broad SMARTS) is 1. The van der Waals surface area contributed by atoms with Crippen molar-refractivity contribution in [3.05, 3.63) is 65.6 Å². The molecule has 7 heteroatoms. The summed E-state index contributed by atoms with van der Waals surface area (Å²) in [5.41, 5.74) is 4.72. The van der Waals surface area contributed by atoms with Crippen LogP contribution in [0.25, 0.3) is 22.4 Å². The van der Waals surface area contributed by atoms with E-state index in [9.17, 15) is 9.90 Å². The molecule has 4 rings (SSSR count). The molecule has 3 aromatic rings. The molecule has 0 atom stereocenters. The Bertz CT molecular complexity index is 1140. The van der Waals surface area contributed by atoms with Crippen molar-refractivity contribution in [2.45, 2.75) is 45.6 Å². The number of aliphatic carboxylic acids is 1. The second-order valence-electron chi connectivity index (χ2n) is 9.47. The average Bonchev–Trinajstić information content (AvgIpc) is 3.18. The molecule has 1 saturated carbocycles. The predicted molar refractivity (Wildman–Crippen MR) is 132 cm³/mol. The summed E-state index contributed by atoms with van der Waals surface area (Å²) in [5.74, 6) is -0.482. The number of aliphatic hydroxyl groups is 1. The van der Waals surface area contributed by atoms with Gasteiger partial charge in [0.1, 0.15) is 12.4 Å². The molecular formula is C28H33FN2O4. The highest BCUT2D eigenvalue weighted by molar-refractivity contribution is 5.83. The number of aromatic nitrogens is 2. The number of carbonyl (C=O) groups is 1. The Morgan fingerprint density at radius 1 is 1.11 bits per heavy atom. The summed E-state index contributed by atoms with van der Waals surface area (Å²) in [7, 11) is 0. The summed E-state index contributed by atoms with van der Waals surface area (Å²) < 4.78 is 22.5. The van der Waals surface area contributed by atoms with Crippen molar-refractivity contribution in [2.24, 2.45) is 11.8 Å². The van der Waals surface area contributed by atoms with Crippen LogP contribution in [0.4, 0.5) is 4.39 Å². The van der Waals surface area contributed by atoms with Gasteiger partial charge in [0, 0.05) is 30.7 Å². The molecule has 2 aromatic carbocycles. The highest BCUT2D eigenvalue weighted by Crippen LogP contribution is 2.39. The van der Waals surface area contributed by atoms with Crippen LogP contribution in [0.15, 0.2) is 48.5 Å². The maximum absolute atomic E-state index is 15.3. The Morgan fingerprint density at radius 2 is 1.83 bits per heavy atom. The van der Waals surface area contributed by atoms with E-state index in [2.05, 4.69) is 0 Å². The SMILES string of the molecule is Cc1ccc(-c2c(-c3ccccc3)c(CCO)nn2CC2CCC(COCC(=O)O)CC2)c(F)c1. The highest BCUT2D eigenvalue weighted by atomic mass is 19.1. The van der Waals surface area contributed by atoms with Crippen LogP contribution in [-0.4, -0.2) is 45.8 Å². The fourth-order valence-corrected chi connectivity index (χ4v) is 5.06. The van der Waals surface area contributed by atoms with Crippen molar-refractivity contribution in [3.63, 3.8) is 0 Å². The first-order chi connectivity index (χ1) is 17.0. The molecule has 186 valence electrons. The lowest BCUT2D eigenvalue weighted by Gasteiger charge is -2.28. The molecule has 1 aromatic heterocycles. The minimum atomic E-state index is -0.943. The lowest BCUT2D eigenvalue weighted by molar-refractivity contribution is -0.142. The summed E-state index contributed by atoms with van der Waals surface area (Å²) in [6.45, 7) is 2.72. The zero-order chi connectivity index (χ0) is 24.8. The lowest BCUT2D eigenvalue weighted by Crippen LogP contribution is -2.23.